The van der Waals surface area contributed by atoms with E-state index < -0.39 is 5.54 Å². The lowest BCUT2D eigenvalue weighted by Gasteiger charge is -2.37. The maximum Gasteiger partial charge on any atom is 0.325 e. The maximum atomic E-state index is 12.6. The van der Waals surface area contributed by atoms with E-state index in [0.717, 1.165) is 25.7 Å². The Balaban J connectivity index is 1.40. The van der Waals surface area contributed by atoms with Crippen molar-refractivity contribution >= 4 is 23.8 Å². The standard InChI is InChI=1S/C20H23N3O4/c1-20(2)18(26)21-19(27)22(20)11-12-7-9-13(10-8-12)23-16(24)14-5-3-4-6-15(14)17(23)25/h3-6,12-13H,7-11H2,1-2H3,(H,21,26,27). The number of amides is 5. The van der Waals surface area contributed by atoms with Gasteiger partial charge in [-0.05, 0) is 57.6 Å². The lowest BCUT2D eigenvalue weighted by molar-refractivity contribution is -0.125. The number of imide groups is 2. The van der Waals surface area contributed by atoms with Crippen LogP contribution in [0.3, 0.4) is 0 Å². The average Bonchev–Trinajstić information content (AvgIpc) is 3.01. The second-order valence-electron chi connectivity index (χ2n) is 8.13. The molecule has 27 heavy (non-hydrogen) atoms. The third-order valence-electron chi connectivity index (χ3n) is 6.14. The van der Waals surface area contributed by atoms with Gasteiger partial charge in [0.1, 0.15) is 5.54 Å². The Labute approximate surface area is 157 Å². The van der Waals surface area contributed by atoms with E-state index in [-0.39, 0.29) is 35.7 Å². The molecule has 0 unspecified atom stereocenters. The minimum absolute atomic E-state index is 0.101. The fourth-order valence-electron chi connectivity index (χ4n) is 4.39. The van der Waals surface area contributed by atoms with Gasteiger partial charge in [0.25, 0.3) is 17.7 Å². The van der Waals surface area contributed by atoms with Crippen molar-refractivity contribution in [2.24, 2.45) is 5.92 Å². The number of carbonyl (C=O) groups is 4. The van der Waals surface area contributed by atoms with Crippen LogP contribution in [0.1, 0.15) is 60.2 Å². The summed E-state index contributed by atoms with van der Waals surface area (Å²) in [5.74, 6) is -0.422. The minimum Gasteiger partial charge on any atom is -0.310 e. The molecule has 0 bridgehead atoms. The van der Waals surface area contributed by atoms with Gasteiger partial charge in [0.15, 0.2) is 0 Å². The van der Waals surface area contributed by atoms with Gasteiger partial charge in [-0.25, -0.2) is 4.79 Å². The third-order valence-corrected chi connectivity index (χ3v) is 6.14. The second-order valence-corrected chi connectivity index (χ2v) is 8.13. The van der Waals surface area contributed by atoms with E-state index in [2.05, 4.69) is 5.32 Å². The number of fused-ring (bicyclic) bond motifs is 1. The summed E-state index contributed by atoms with van der Waals surface area (Å²) in [5.41, 5.74) is 0.133. The highest BCUT2D eigenvalue weighted by atomic mass is 16.2. The number of carbonyl (C=O) groups excluding carboxylic acids is 4. The van der Waals surface area contributed by atoms with E-state index in [1.807, 2.05) is 0 Å². The average molecular weight is 369 g/mol. The summed E-state index contributed by atoms with van der Waals surface area (Å²) in [4.78, 5) is 52.3. The van der Waals surface area contributed by atoms with Gasteiger partial charge in [-0.2, -0.15) is 0 Å². The number of hydrogen-bond acceptors (Lipinski definition) is 4. The molecule has 1 aromatic carbocycles. The van der Waals surface area contributed by atoms with Gasteiger partial charge in [0.2, 0.25) is 0 Å². The molecule has 2 fully saturated rings. The van der Waals surface area contributed by atoms with Crippen molar-refractivity contribution in [2.45, 2.75) is 51.1 Å². The fraction of sp³-hybridized carbons (Fsp3) is 0.500. The molecule has 7 nitrogen and oxygen atoms in total. The van der Waals surface area contributed by atoms with E-state index in [0.29, 0.717) is 17.7 Å². The van der Waals surface area contributed by atoms with Gasteiger partial charge in [-0.3, -0.25) is 24.6 Å². The lowest BCUT2D eigenvalue weighted by Crippen LogP contribution is -2.48. The summed E-state index contributed by atoms with van der Waals surface area (Å²) in [7, 11) is 0. The SMILES string of the molecule is CC1(C)C(=O)NC(=O)N1CC1CCC(N2C(=O)c3ccccc3C2=O)CC1. The maximum absolute atomic E-state index is 12.6. The summed E-state index contributed by atoms with van der Waals surface area (Å²) in [6, 6.07) is 6.50. The number of urea groups is 1. The summed E-state index contributed by atoms with van der Waals surface area (Å²) < 4.78 is 0. The normalized spacial score (nSPS) is 27.2. The predicted octanol–water partition coefficient (Wildman–Crippen LogP) is 2.17. The molecule has 0 atom stereocenters. The van der Waals surface area contributed by atoms with Crippen LogP contribution < -0.4 is 5.32 Å². The quantitative estimate of drug-likeness (QED) is 0.653. The fourth-order valence-corrected chi connectivity index (χ4v) is 4.39. The molecule has 5 amide bonds. The molecule has 1 aromatic rings. The van der Waals surface area contributed by atoms with Crippen LogP contribution in [0, 0.1) is 5.92 Å². The Morgan fingerprint density at radius 2 is 1.52 bits per heavy atom. The third kappa shape index (κ3) is 2.72. The van der Waals surface area contributed by atoms with Crippen LogP contribution in [0.2, 0.25) is 0 Å². The van der Waals surface area contributed by atoms with Gasteiger partial charge in [0, 0.05) is 12.6 Å². The van der Waals surface area contributed by atoms with E-state index in [1.54, 1.807) is 43.0 Å². The number of nitrogens with one attached hydrogen (secondary N) is 1. The first kappa shape index (κ1) is 17.7. The molecule has 4 rings (SSSR count). The Kier molecular flexibility index (Phi) is 4.05. The molecule has 0 spiro atoms. The van der Waals surface area contributed by atoms with Crippen molar-refractivity contribution in [1.82, 2.24) is 15.1 Å². The summed E-state index contributed by atoms with van der Waals surface area (Å²) in [6.45, 7) is 4.01. The predicted molar refractivity (Wildman–Crippen MR) is 97.0 cm³/mol. The highest BCUT2D eigenvalue weighted by Gasteiger charge is 2.47. The van der Waals surface area contributed by atoms with Crippen molar-refractivity contribution in [2.75, 3.05) is 6.54 Å². The zero-order valence-electron chi connectivity index (χ0n) is 15.5. The van der Waals surface area contributed by atoms with Crippen LogP contribution in [0.5, 0.6) is 0 Å². The number of hydrogen-bond donors (Lipinski definition) is 1. The number of rotatable bonds is 3. The summed E-state index contributed by atoms with van der Waals surface area (Å²) >= 11 is 0. The Bertz CT molecular complexity index is 804. The lowest BCUT2D eigenvalue weighted by atomic mass is 9.84. The van der Waals surface area contributed by atoms with Crippen LogP contribution in [-0.2, 0) is 4.79 Å². The molecule has 1 N–H and O–H groups in total. The number of benzene rings is 1. The van der Waals surface area contributed by atoms with Crippen molar-refractivity contribution in [3.05, 3.63) is 35.4 Å². The second kappa shape index (κ2) is 6.18. The Morgan fingerprint density at radius 3 is 2.00 bits per heavy atom. The van der Waals surface area contributed by atoms with Crippen LogP contribution in [0.15, 0.2) is 24.3 Å². The first-order valence-electron chi connectivity index (χ1n) is 9.40. The molecular weight excluding hydrogens is 346 g/mol. The molecule has 2 aliphatic heterocycles. The first-order chi connectivity index (χ1) is 12.8. The molecule has 0 radical (unpaired) electrons. The summed E-state index contributed by atoms with van der Waals surface area (Å²) in [6.07, 6.45) is 3.07. The molecule has 7 heteroatoms. The zero-order valence-corrected chi connectivity index (χ0v) is 15.5. The van der Waals surface area contributed by atoms with Crippen molar-refractivity contribution < 1.29 is 19.2 Å². The first-order valence-corrected chi connectivity index (χ1v) is 9.40. The molecule has 1 saturated heterocycles. The highest BCUT2D eigenvalue weighted by Crippen LogP contribution is 2.34. The van der Waals surface area contributed by atoms with E-state index in [4.69, 9.17) is 0 Å². The molecule has 0 aromatic heterocycles. The van der Waals surface area contributed by atoms with E-state index >= 15 is 0 Å². The monoisotopic (exact) mass is 369 g/mol. The molecule has 1 saturated carbocycles. The van der Waals surface area contributed by atoms with E-state index in [1.165, 1.54) is 4.90 Å². The topological polar surface area (TPSA) is 86.8 Å². The van der Waals surface area contributed by atoms with Gasteiger partial charge in [-0.15, -0.1) is 0 Å². The smallest absolute Gasteiger partial charge is 0.310 e. The molecule has 1 aliphatic carbocycles. The van der Waals surface area contributed by atoms with Crippen molar-refractivity contribution in [3.8, 4) is 0 Å². The molecule has 3 aliphatic rings. The minimum atomic E-state index is -0.837. The Hall–Kier alpha value is -2.70. The van der Waals surface area contributed by atoms with Gasteiger partial charge in [-0.1, -0.05) is 12.1 Å². The van der Waals surface area contributed by atoms with Crippen LogP contribution >= 0.6 is 0 Å². The van der Waals surface area contributed by atoms with Crippen molar-refractivity contribution in [1.29, 1.82) is 0 Å². The molecular formula is C20H23N3O4. The Morgan fingerprint density at radius 1 is 0.963 bits per heavy atom. The van der Waals surface area contributed by atoms with Crippen LogP contribution in [0.4, 0.5) is 4.79 Å². The van der Waals surface area contributed by atoms with Crippen LogP contribution in [-0.4, -0.2) is 51.7 Å². The number of nitrogens with zero attached hydrogens (tertiary/aromatic N) is 2. The molecule has 2 heterocycles. The zero-order chi connectivity index (χ0) is 19.3. The van der Waals surface area contributed by atoms with E-state index in [9.17, 15) is 19.2 Å². The van der Waals surface area contributed by atoms with Gasteiger partial charge in [0.05, 0.1) is 11.1 Å². The molecule has 142 valence electrons. The van der Waals surface area contributed by atoms with Crippen molar-refractivity contribution in [3.63, 3.8) is 0 Å². The van der Waals surface area contributed by atoms with Gasteiger partial charge >= 0.3 is 6.03 Å². The van der Waals surface area contributed by atoms with Crippen LogP contribution in [0.25, 0.3) is 0 Å². The largest absolute Gasteiger partial charge is 0.325 e. The summed E-state index contributed by atoms with van der Waals surface area (Å²) in [5, 5.41) is 2.37. The highest BCUT2D eigenvalue weighted by molar-refractivity contribution is 6.21. The van der Waals surface area contributed by atoms with Gasteiger partial charge < -0.3 is 4.90 Å².